The first kappa shape index (κ1) is 29.2. The Morgan fingerprint density at radius 3 is 1.15 bits per heavy atom. The van der Waals surface area contributed by atoms with E-state index in [2.05, 4.69) is 0 Å². The average Bonchev–Trinajstić information content (AvgIpc) is 1.86. The van der Waals surface area contributed by atoms with Gasteiger partial charge in [0.15, 0.2) is 0 Å². The number of rotatable bonds is 3. The fourth-order valence-corrected chi connectivity index (χ4v) is 0.355. The summed E-state index contributed by atoms with van der Waals surface area (Å²) in [5, 5.41) is 0. The molecule has 8 heteroatoms. The molecule has 0 saturated carbocycles. The molecule has 0 saturated heterocycles. The maximum absolute atomic E-state index is 5.41. The molecule has 0 aliphatic rings. The highest BCUT2D eigenvalue weighted by molar-refractivity contribution is 5.86. The lowest BCUT2D eigenvalue weighted by Gasteiger charge is -2.29. The van der Waals surface area contributed by atoms with Crippen LogP contribution in [0.1, 0.15) is 6.92 Å². The minimum absolute atomic E-state index is 0. The SMILES string of the molecule is CC(CN)(CN)C(N)N.Cl.Cl.Cl.Cl. The molecule has 0 aromatic rings. The Morgan fingerprint density at radius 1 is 0.923 bits per heavy atom. The van der Waals surface area contributed by atoms with Gasteiger partial charge in [0, 0.05) is 18.5 Å². The molecular weight excluding hydrogens is 258 g/mol. The number of nitrogens with two attached hydrogens (primary N) is 4. The van der Waals surface area contributed by atoms with Gasteiger partial charge in [0.05, 0.1) is 6.17 Å². The van der Waals surface area contributed by atoms with Gasteiger partial charge in [-0.15, -0.1) is 49.6 Å². The molecule has 0 atom stereocenters. The smallest absolute Gasteiger partial charge is 0.0600 e. The highest BCUT2D eigenvalue weighted by Crippen LogP contribution is 2.11. The molecular formula is C5H20Cl4N4. The van der Waals surface area contributed by atoms with Crippen molar-refractivity contribution in [3.63, 3.8) is 0 Å². The van der Waals surface area contributed by atoms with Gasteiger partial charge in [0.25, 0.3) is 0 Å². The van der Waals surface area contributed by atoms with Crippen LogP contribution in [-0.2, 0) is 0 Å². The molecule has 0 aromatic heterocycles. The first-order valence-corrected chi connectivity index (χ1v) is 2.98. The van der Waals surface area contributed by atoms with E-state index in [1.54, 1.807) is 0 Å². The first-order valence-electron chi connectivity index (χ1n) is 2.98. The van der Waals surface area contributed by atoms with Crippen LogP contribution in [0.2, 0.25) is 0 Å². The average molecular weight is 278 g/mol. The van der Waals surface area contributed by atoms with Crippen molar-refractivity contribution >= 4 is 49.6 Å². The van der Waals surface area contributed by atoms with Gasteiger partial charge in [0.1, 0.15) is 0 Å². The molecule has 0 aliphatic heterocycles. The van der Waals surface area contributed by atoms with Crippen molar-refractivity contribution < 1.29 is 0 Å². The second-order valence-electron chi connectivity index (χ2n) is 2.59. The Labute approximate surface area is 104 Å². The van der Waals surface area contributed by atoms with Crippen molar-refractivity contribution in [3.05, 3.63) is 0 Å². The van der Waals surface area contributed by atoms with E-state index in [1.165, 1.54) is 0 Å². The van der Waals surface area contributed by atoms with Crippen LogP contribution in [0.25, 0.3) is 0 Å². The van der Waals surface area contributed by atoms with E-state index >= 15 is 0 Å². The normalized spacial score (nSPS) is 8.77. The van der Waals surface area contributed by atoms with E-state index < -0.39 is 6.17 Å². The van der Waals surface area contributed by atoms with Gasteiger partial charge < -0.3 is 22.9 Å². The Balaban J connectivity index is -0.0000000533. The summed E-state index contributed by atoms with van der Waals surface area (Å²) in [6.45, 7) is 2.74. The summed E-state index contributed by atoms with van der Waals surface area (Å²) in [4.78, 5) is 0. The second kappa shape index (κ2) is 13.0. The third kappa shape index (κ3) is 9.31. The predicted octanol–water partition coefficient (Wildman–Crippen LogP) is -0.159. The topological polar surface area (TPSA) is 104 Å². The van der Waals surface area contributed by atoms with Crippen molar-refractivity contribution in [1.29, 1.82) is 0 Å². The van der Waals surface area contributed by atoms with Crippen LogP contribution in [0.3, 0.4) is 0 Å². The van der Waals surface area contributed by atoms with Crippen LogP contribution in [0.15, 0.2) is 0 Å². The summed E-state index contributed by atoms with van der Waals surface area (Å²) < 4.78 is 0. The lowest BCUT2D eigenvalue weighted by atomic mass is 9.88. The van der Waals surface area contributed by atoms with E-state index in [4.69, 9.17) is 22.9 Å². The summed E-state index contributed by atoms with van der Waals surface area (Å²) in [5.41, 5.74) is 21.3. The largest absolute Gasteiger partial charge is 0.330 e. The van der Waals surface area contributed by atoms with Crippen LogP contribution in [0.4, 0.5) is 0 Å². The highest BCUT2D eigenvalue weighted by Gasteiger charge is 2.25. The molecule has 0 unspecified atom stereocenters. The van der Waals surface area contributed by atoms with Crippen LogP contribution in [0, 0.1) is 5.41 Å². The Bertz CT molecular complexity index is 88.6. The summed E-state index contributed by atoms with van der Waals surface area (Å²) in [6, 6.07) is 0. The number of hydrogen-bond acceptors (Lipinski definition) is 4. The van der Waals surface area contributed by atoms with Crippen molar-refractivity contribution in [3.8, 4) is 0 Å². The monoisotopic (exact) mass is 276 g/mol. The maximum Gasteiger partial charge on any atom is 0.0600 e. The van der Waals surface area contributed by atoms with Crippen LogP contribution >= 0.6 is 49.6 Å². The predicted molar refractivity (Wildman–Crippen MR) is 67.4 cm³/mol. The molecule has 0 fully saturated rings. The van der Waals surface area contributed by atoms with Gasteiger partial charge in [-0.2, -0.15) is 0 Å². The van der Waals surface area contributed by atoms with Crippen molar-refractivity contribution in [1.82, 2.24) is 0 Å². The summed E-state index contributed by atoms with van der Waals surface area (Å²) in [6.07, 6.45) is -0.424. The van der Waals surface area contributed by atoms with Gasteiger partial charge in [-0.25, -0.2) is 0 Å². The minimum atomic E-state index is -0.424. The molecule has 0 radical (unpaired) electrons. The fourth-order valence-electron chi connectivity index (χ4n) is 0.355. The molecule has 0 rings (SSSR count). The summed E-state index contributed by atoms with van der Waals surface area (Å²) >= 11 is 0. The molecule has 8 N–H and O–H groups in total. The van der Waals surface area contributed by atoms with Crippen LogP contribution in [0.5, 0.6) is 0 Å². The van der Waals surface area contributed by atoms with Crippen molar-refractivity contribution in [2.45, 2.75) is 13.1 Å². The summed E-state index contributed by atoms with van der Waals surface area (Å²) in [7, 11) is 0. The molecule has 0 aromatic carbocycles. The van der Waals surface area contributed by atoms with Crippen molar-refractivity contribution in [2.75, 3.05) is 13.1 Å². The standard InChI is InChI=1S/C5H16N4.4ClH/c1-5(2-6,3-7)4(8)9;;;;/h4H,2-3,6-9H2,1H3;4*1H. The molecule has 0 heterocycles. The lowest BCUT2D eigenvalue weighted by Crippen LogP contribution is -2.54. The fraction of sp³-hybridized carbons (Fsp3) is 1.00. The Hall–Kier alpha value is 1.00. The van der Waals surface area contributed by atoms with Crippen LogP contribution in [-0.4, -0.2) is 19.3 Å². The third-order valence-corrected chi connectivity index (χ3v) is 1.74. The Kier molecular flexibility index (Phi) is 29.2. The second-order valence-corrected chi connectivity index (χ2v) is 2.59. The Morgan fingerprint density at radius 2 is 1.15 bits per heavy atom. The zero-order chi connectivity index (χ0) is 7.49. The lowest BCUT2D eigenvalue weighted by molar-refractivity contribution is 0.279. The molecule has 4 nitrogen and oxygen atoms in total. The number of halogens is 4. The zero-order valence-corrected chi connectivity index (χ0v) is 10.7. The van der Waals surface area contributed by atoms with Gasteiger partial charge in [-0.3, -0.25) is 0 Å². The maximum atomic E-state index is 5.41. The molecule has 0 aliphatic carbocycles. The van der Waals surface area contributed by atoms with E-state index in [0.29, 0.717) is 13.1 Å². The molecule has 13 heavy (non-hydrogen) atoms. The number of hydrogen-bond donors (Lipinski definition) is 4. The van der Waals surface area contributed by atoms with Gasteiger partial charge in [-0.05, 0) is 0 Å². The van der Waals surface area contributed by atoms with E-state index in [1.807, 2.05) is 6.92 Å². The summed E-state index contributed by atoms with van der Waals surface area (Å²) in [5.74, 6) is 0. The molecule has 88 valence electrons. The van der Waals surface area contributed by atoms with E-state index in [0.717, 1.165) is 0 Å². The zero-order valence-electron chi connectivity index (χ0n) is 7.43. The van der Waals surface area contributed by atoms with Gasteiger partial charge in [-0.1, -0.05) is 6.92 Å². The first-order chi connectivity index (χ1) is 4.06. The van der Waals surface area contributed by atoms with Gasteiger partial charge in [0.2, 0.25) is 0 Å². The molecule has 0 amide bonds. The van der Waals surface area contributed by atoms with E-state index in [9.17, 15) is 0 Å². The molecule has 0 bridgehead atoms. The minimum Gasteiger partial charge on any atom is -0.330 e. The van der Waals surface area contributed by atoms with Crippen molar-refractivity contribution in [2.24, 2.45) is 28.3 Å². The van der Waals surface area contributed by atoms with Crippen LogP contribution < -0.4 is 22.9 Å². The van der Waals surface area contributed by atoms with Gasteiger partial charge >= 0.3 is 0 Å². The highest BCUT2D eigenvalue weighted by atomic mass is 35.5. The third-order valence-electron chi connectivity index (χ3n) is 1.74. The molecule has 0 spiro atoms. The quantitative estimate of drug-likeness (QED) is 0.538. The van der Waals surface area contributed by atoms with E-state index in [-0.39, 0.29) is 55.0 Å².